The molecule has 0 unspecified atom stereocenters. The van der Waals surface area contributed by atoms with E-state index in [9.17, 15) is 14.5 Å². The van der Waals surface area contributed by atoms with Gasteiger partial charge in [-0.1, -0.05) is 15.9 Å². The van der Waals surface area contributed by atoms with Gasteiger partial charge in [0.25, 0.3) is 0 Å². The van der Waals surface area contributed by atoms with Crippen LogP contribution in [0.5, 0.6) is 5.75 Å². The maximum Gasteiger partial charge on any atom is 0.312 e. The van der Waals surface area contributed by atoms with Crippen molar-refractivity contribution in [1.29, 1.82) is 0 Å². The molecule has 2 aromatic carbocycles. The minimum atomic E-state index is -0.545. The molecule has 1 aromatic heterocycles. The van der Waals surface area contributed by atoms with Gasteiger partial charge in [-0.2, -0.15) is 20.1 Å². The SMILES string of the molecule is COc1c(/C=N\Nc2nc(Nc3ccc(F)cc3)nc(N(C)C)n2)cc(Br)cc1[N+](=O)[O-]. The molecule has 0 aliphatic carbocycles. The van der Waals surface area contributed by atoms with Gasteiger partial charge >= 0.3 is 5.69 Å². The number of rotatable bonds is 8. The number of benzene rings is 2. The molecule has 32 heavy (non-hydrogen) atoms. The first kappa shape index (κ1) is 22.8. The molecular formula is C19H18BrFN8O3. The number of nitro groups is 1. The summed E-state index contributed by atoms with van der Waals surface area (Å²) in [6, 6.07) is 8.68. The Morgan fingerprint density at radius 3 is 2.50 bits per heavy atom. The Bertz CT molecular complexity index is 1160. The molecule has 0 spiro atoms. The third-order valence-corrected chi connectivity index (χ3v) is 4.41. The van der Waals surface area contributed by atoms with Gasteiger partial charge in [-0.05, 0) is 30.3 Å². The summed E-state index contributed by atoms with van der Waals surface area (Å²) >= 11 is 3.24. The molecule has 0 bridgehead atoms. The van der Waals surface area contributed by atoms with Crippen LogP contribution in [0.25, 0.3) is 0 Å². The Hall–Kier alpha value is -3.87. The molecule has 0 aliphatic heterocycles. The summed E-state index contributed by atoms with van der Waals surface area (Å²) in [5, 5.41) is 18.3. The zero-order valence-corrected chi connectivity index (χ0v) is 18.8. The summed E-state index contributed by atoms with van der Waals surface area (Å²) in [4.78, 5) is 25.2. The molecule has 0 atom stereocenters. The Morgan fingerprint density at radius 2 is 1.88 bits per heavy atom. The molecule has 0 radical (unpaired) electrons. The highest BCUT2D eigenvalue weighted by Crippen LogP contribution is 2.33. The summed E-state index contributed by atoms with van der Waals surface area (Å²) in [6.07, 6.45) is 1.35. The van der Waals surface area contributed by atoms with Crippen molar-refractivity contribution in [3.63, 3.8) is 0 Å². The van der Waals surface area contributed by atoms with Crippen molar-refractivity contribution in [3.05, 3.63) is 62.4 Å². The number of hydrazone groups is 1. The number of hydrogen-bond donors (Lipinski definition) is 2. The average molecular weight is 505 g/mol. The summed E-state index contributed by atoms with van der Waals surface area (Å²) < 4.78 is 18.8. The maximum absolute atomic E-state index is 13.1. The van der Waals surface area contributed by atoms with Crippen LogP contribution in [0.1, 0.15) is 5.56 Å². The second kappa shape index (κ2) is 9.96. The number of nitrogens with zero attached hydrogens (tertiary/aromatic N) is 6. The maximum atomic E-state index is 13.1. The van der Waals surface area contributed by atoms with Gasteiger partial charge < -0.3 is 15.0 Å². The van der Waals surface area contributed by atoms with Crippen LogP contribution < -0.4 is 20.4 Å². The standard InChI is InChI=1S/C19H18BrFN8O3/c1-28(2)19-25-17(23-14-6-4-13(21)5-7-14)24-18(26-19)27-22-10-11-8-12(20)9-15(29(30)31)16(11)32-3/h4-10H,1-3H3,(H2,23,24,25,26,27)/b22-10-. The molecule has 3 aromatic rings. The quantitative estimate of drug-likeness (QED) is 0.266. The molecule has 3 rings (SSSR count). The van der Waals surface area contributed by atoms with E-state index in [0.717, 1.165) is 0 Å². The van der Waals surface area contributed by atoms with E-state index in [2.05, 4.69) is 46.7 Å². The predicted molar refractivity (Wildman–Crippen MR) is 122 cm³/mol. The number of hydrogen-bond acceptors (Lipinski definition) is 10. The number of anilines is 4. The smallest absolute Gasteiger partial charge is 0.312 e. The molecule has 11 nitrogen and oxygen atoms in total. The topological polar surface area (TPSA) is 131 Å². The lowest BCUT2D eigenvalue weighted by atomic mass is 10.2. The molecule has 0 aliphatic rings. The monoisotopic (exact) mass is 504 g/mol. The molecule has 0 saturated carbocycles. The third-order valence-electron chi connectivity index (χ3n) is 3.96. The van der Waals surface area contributed by atoms with Crippen molar-refractivity contribution in [1.82, 2.24) is 15.0 Å². The largest absolute Gasteiger partial charge is 0.490 e. The van der Waals surface area contributed by atoms with E-state index in [1.807, 2.05) is 0 Å². The van der Waals surface area contributed by atoms with Crippen LogP contribution >= 0.6 is 15.9 Å². The lowest BCUT2D eigenvalue weighted by molar-refractivity contribution is -0.385. The molecule has 166 valence electrons. The van der Waals surface area contributed by atoms with E-state index in [4.69, 9.17) is 4.74 Å². The average Bonchev–Trinajstić information content (AvgIpc) is 2.74. The fourth-order valence-electron chi connectivity index (χ4n) is 2.55. The van der Waals surface area contributed by atoms with E-state index in [0.29, 0.717) is 21.7 Å². The fourth-order valence-corrected chi connectivity index (χ4v) is 3.01. The Kier molecular flexibility index (Phi) is 7.10. The van der Waals surface area contributed by atoms with E-state index in [1.54, 1.807) is 37.2 Å². The number of halogens is 2. The van der Waals surface area contributed by atoms with Crippen LogP contribution in [-0.2, 0) is 0 Å². The molecule has 0 amide bonds. The summed E-state index contributed by atoms with van der Waals surface area (Å²) in [6.45, 7) is 0. The van der Waals surface area contributed by atoms with Crippen molar-refractivity contribution in [2.45, 2.75) is 0 Å². The van der Waals surface area contributed by atoms with Gasteiger partial charge in [-0.3, -0.25) is 10.1 Å². The summed E-state index contributed by atoms with van der Waals surface area (Å²) in [5.74, 6) is 0.377. The van der Waals surface area contributed by atoms with Crippen LogP contribution in [-0.4, -0.2) is 47.3 Å². The Labute approximate surface area is 190 Å². The highest BCUT2D eigenvalue weighted by atomic mass is 79.9. The van der Waals surface area contributed by atoms with E-state index < -0.39 is 4.92 Å². The van der Waals surface area contributed by atoms with Crippen LogP contribution in [0.15, 0.2) is 46.0 Å². The van der Waals surface area contributed by atoms with Crippen molar-refractivity contribution in [2.75, 3.05) is 36.8 Å². The van der Waals surface area contributed by atoms with Crippen LogP contribution in [0.2, 0.25) is 0 Å². The summed E-state index contributed by atoms with van der Waals surface area (Å²) in [5.41, 5.74) is 3.43. The van der Waals surface area contributed by atoms with Gasteiger partial charge in [0.15, 0.2) is 0 Å². The molecule has 0 saturated heterocycles. The van der Waals surface area contributed by atoms with Crippen LogP contribution in [0.3, 0.4) is 0 Å². The van der Waals surface area contributed by atoms with Crippen molar-refractivity contribution in [2.24, 2.45) is 5.10 Å². The zero-order chi connectivity index (χ0) is 23.3. The second-order valence-electron chi connectivity index (χ2n) is 6.48. The van der Waals surface area contributed by atoms with Gasteiger partial charge in [-0.25, -0.2) is 9.82 Å². The highest BCUT2D eigenvalue weighted by molar-refractivity contribution is 9.10. The van der Waals surface area contributed by atoms with Gasteiger partial charge in [-0.15, -0.1) is 0 Å². The first-order chi connectivity index (χ1) is 15.3. The van der Waals surface area contributed by atoms with Crippen molar-refractivity contribution in [3.8, 4) is 5.75 Å². The lowest BCUT2D eigenvalue weighted by Crippen LogP contribution is -2.15. The number of nitrogens with one attached hydrogen (secondary N) is 2. The predicted octanol–water partition coefficient (Wildman–Crippen LogP) is 3.95. The van der Waals surface area contributed by atoms with E-state index in [-0.39, 0.29) is 29.2 Å². The van der Waals surface area contributed by atoms with Gasteiger partial charge in [0.1, 0.15) is 5.82 Å². The molecule has 0 fully saturated rings. The van der Waals surface area contributed by atoms with E-state index >= 15 is 0 Å². The van der Waals surface area contributed by atoms with Gasteiger partial charge in [0.2, 0.25) is 23.6 Å². The van der Waals surface area contributed by atoms with Crippen molar-refractivity contribution < 1.29 is 14.1 Å². The lowest BCUT2D eigenvalue weighted by Gasteiger charge is -2.13. The van der Waals surface area contributed by atoms with Crippen molar-refractivity contribution >= 4 is 51.4 Å². The van der Waals surface area contributed by atoms with Gasteiger partial charge in [0, 0.05) is 35.9 Å². The second-order valence-corrected chi connectivity index (χ2v) is 7.40. The molecule has 13 heteroatoms. The normalized spacial score (nSPS) is 10.8. The molecule has 1 heterocycles. The number of nitro benzene ring substituents is 1. The van der Waals surface area contributed by atoms with Crippen LogP contribution in [0, 0.1) is 15.9 Å². The molecule has 2 N–H and O–H groups in total. The highest BCUT2D eigenvalue weighted by Gasteiger charge is 2.19. The van der Waals surface area contributed by atoms with E-state index in [1.165, 1.54) is 31.5 Å². The zero-order valence-electron chi connectivity index (χ0n) is 17.2. The number of aromatic nitrogens is 3. The number of ether oxygens (including phenoxy) is 1. The number of methoxy groups -OCH3 is 1. The Morgan fingerprint density at radius 1 is 1.19 bits per heavy atom. The first-order valence-corrected chi connectivity index (χ1v) is 9.83. The Balaban J connectivity index is 1.87. The minimum Gasteiger partial charge on any atom is -0.490 e. The molecular weight excluding hydrogens is 487 g/mol. The third kappa shape index (κ3) is 5.63. The summed E-state index contributed by atoms with van der Waals surface area (Å²) in [7, 11) is 4.86. The minimum absolute atomic E-state index is 0.0621. The van der Waals surface area contributed by atoms with Crippen LogP contribution in [0.4, 0.5) is 33.6 Å². The van der Waals surface area contributed by atoms with Gasteiger partial charge in [0.05, 0.1) is 18.2 Å². The fraction of sp³-hybridized carbons (Fsp3) is 0.158. The first-order valence-electron chi connectivity index (χ1n) is 9.04.